The van der Waals surface area contributed by atoms with Crippen LogP contribution in [0.15, 0.2) is 97.3 Å². The first-order chi connectivity index (χ1) is 16.5. The molecule has 2 nitrogen and oxygen atoms in total. The van der Waals surface area contributed by atoms with Gasteiger partial charge in [-0.3, -0.25) is 8.78 Å². The minimum absolute atomic E-state index is 0. The largest absolute Gasteiger partial charge is 0.305 e. The molecule has 0 aliphatic rings. The van der Waals surface area contributed by atoms with Gasteiger partial charge in [0.1, 0.15) is 5.82 Å². The zero-order chi connectivity index (χ0) is 23.9. The van der Waals surface area contributed by atoms with E-state index >= 15 is 0 Å². The fraction of sp³-hybridized carbons (Fsp3) is 0.0345. The van der Waals surface area contributed by atoms with E-state index in [2.05, 4.69) is 40.3 Å². The average Bonchev–Trinajstić information content (AvgIpc) is 2.90. The van der Waals surface area contributed by atoms with Gasteiger partial charge in [0.15, 0.2) is 0 Å². The summed E-state index contributed by atoms with van der Waals surface area (Å²) < 4.78 is 39.0. The molecule has 0 aliphatic heterocycles. The first-order valence-corrected chi connectivity index (χ1v) is 10.5. The second-order valence-electron chi connectivity index (χ2n) is 7.43. The van der Waals surface area contributed by atoms with Crippen molar-refractivity contribution >= 4 is 0 Å². The molecule has 3 aromatic carbocycles. The Morgan fingerprint density at radius 3 is 2.17 bits per heavy atom. The minimum atomic E-state index is -1.50. The van der Waals surface area contributed by atoms with Gasteiger partial charge >= 0.3 is 0 Å². The summed E-state index contributed by atoms with van der Waals surface area (Å²) in [5, 5.41) is 0. The second-order valence-corrected chi connectivity index (χ2v) is 7.43. The Morgan fingerprint density at radius 1 is 0.714 bits per heavy atom. The molecule has 0 N–H and O–H groups in total. The SMILES string of the molecule is Cc1ccc(-c2[c-]cc(F)c(F)c2F)nc1.[Ir].[c-]1ccccc1-c1cc(-c2ccccc2)ccn1. The molecular weight excluding hydrogens is 626 g/mol. The first-order valence-electron chi connectivity index (χ1n) is 10.5. The summed E-state index contributed by atoms with van der Waals surface area (Å²) in [5.41, 5.74) is 5.31. The fourth-order valence-corrected chi connectivity index (χ4v) is 3.22. The van der Waals surface area contributed by atoms with Crippen LogP contribution in [0.3, 0.4) is 0 Å². The maximum atomic E-state index is 13.4. The van der Waals surface area contributed by atoms with Crippen LogP contribution in [0.5, 0.6) is 0 Å². The predicted octanol–water partition coefficient (Wildman–Crippen LogP) is 7.49. The van der Waals surface area contributed by atoms with Crippen molar-refractivity contribution in [3.8, 4) is 33.6 Å². The third-order valence-corrected chi connectivity index (χ3v) is 4.98. The summed E-state index contributed by atoms with van der Waals surface area (Å²) >= 11 is 0. The van der Waals surface area contributed by atoms with E-state index in [9.17, 15) is 13.2 Å². The molecule has 0 spiro atoms. The molecule has 6 heteroatoms. The van der Waals surface area contributed by atoms with Gasteiger partial charge in [0.25, 0.3) is 0 Å². The van der Waals surface area contributed by atoms with Crippen molar-refractivity contribution in [2.75, 3.05) is 0 Å². The van der Waals surface area contributed by atoms with Crippen LogP contribution in [-0.2, 0) is 20.1 Å². The monoisotopic (exact) mass is 645 g/mol. The van der Waals surface area contributed by atoms with Crippen LogP contribution in [0.1, 0.15) is 5.56 Å². The van der Waals surface area contributed by atoms with Gasteiger partial charge in [-0.05, 0) is 41.1 Å². The van der Waals surface area contributed by atoms with Gasteiger partial charge in [-0.2, -0.15) is 0 Å². The maximum Gasteiger partial charge on any atom is 0.111 e. The van der Waals surface area contributed by atoms with Crippen molar-refractivity contribution < 1.29 is 33.3 Å². The number of halogens is 3. The third kappa shape index (κ3) is 6.50. The van der Waals surface area contributed by atoms with Crippen molar-refractivity contribution in [1.29, 1.82) is 0 Å². The van der Waals surface area contributed by atoms with Gasteiger partial charge in [-0.1, -0.05) is 54.1 Å². The Bertz CT molecular complexity index is 1320. The van der Waals surface area contributed by atoms with Crippen LogP contribution in [0, 0.1) is 36.5 Å². The van der Waals surface area contributed by atoms with Crippen LogP contribution in [-0.4, -0.2) is 9.97 Å². The Labute approximate surface area is 215 Å². The van der Waals surface area contributed by atoms with E-state index < -0.39 is 17.5 Å². The van der Waals surface area contributed by atoms with Crippen LogP contribution >= 0.6 is 0 Å². The van der Waals surface area contributed by atoms with Gasteiger partial charge < -0.3 is 9.97 Å². The molecule has 0 fully saturated rings. The molecular formula is C29H19F3IrN2-2. The molecule has 0 saturated heterocycles. The molecule has 0 bridgehead atoms. The number of aryl methyl sites for hydroxylation is 1. The van der Waals surface area contributed by atoms with Crippen molar-refractivity contribution in [2.24, 2.45) is 0 Å². The summed E-state index contributed by atoms with van der Waals surface area (Å²) in [7, 11) is 0. The molecule has 5 rings (SSSR count). The molecule has 2 heterocycles. The summed E-state index contributed by atoms with van der Waals surface area (Å²) in [4.78, 5) is 8.32. The van der Waals surface area contributed by atoms with Gasteiger partial charge in [0.05, 0.1) is 11.6 Å². The van der Waals surface area contributed by atoms with E-state index in [1.807, 2.05) is 61.7 Å². The molecule has 0 aliphatic carbocycles. The zero-order valence-corrected chi connectivity index (χ0v) is 21.0. The van der Waals surface area contributed by atoms with Crippen molar-refractivity contribution in [3.05, 3.63) is 132 Å². The molecule has 0 atom stereocenters. The molecule has 2 aromatic heterocycles. The second kappa shape index (κ2) is 12.2. The van der Waals surface area contributed by atoms with E-state index in [1.165, 1.54) is 23.4 Å². The fourth-order valence-electron chi connectivity index (χ4n) is 3.22. The van der Waals surface area contributed by atoms with Crippen LogP contribution in [0.25, 0.3) is 33.6 Å². The number of nitrogens with zero attached hydrogens (tertiary/aromatic N) is 2. The molecule has 0 amide bonds. The molecule has 177 valence electrons. The topological polar surface area (TPSA) is 25.8 Å². The quantitative estimate of drug-likeness (QED) is 0.150. The first kappa shape index (κ1) is 26.0. The number of aromatic nitrogens is 2. The smallest absolute Gasteiger partial charge is 0.111 e. The average molecular weight is 645 g/mol. The van der Waals surface area contributed by atoms with Crippen molar-refractivity contribution in [2.45, 2.75) is 6.92 Å². The van der Waals surface area contributed by atoms with Gasteiger partial charge in [-0.25, -0.2) is 4.39 Å². The molecule has 1 radical (unpaired) electrons. The summed E-state index contributed by atoms with van der Waals surface area (Å²) in [6, 6.07) is 31.9. The Balaban J connectivity index is 0.000000192. The van der Waals surface area contributed by atoms with E-state index in [1.54, 1.807) is 6.07 Å². The number of benzene rings is 3. The van der Waals surface area contributed by atoms with Crippen molar-refractivity contribution in [1.82, 2.24) is 9.97 Å². The maximum absolute atomic E-state index is 13.4. The number of rotatable bonds is 3. The van der Waals surface area contributed by atoms with Crippen molar-refractivity contribution in [3.63, 3.8) is 0 Å². The van der Waals surface area contributed by atoms with E-state index in [4.69, 9.17) is 0 Å². The Hall–Kier alpha value is -3.60. The minimum Gasteiger partial charge on any atom is -0.305 e. The molecule has 0 saturated carbocycles. The summed E-state index contributed by atoms with van der Waals surface area (Å²) in [6.45, 7) is 1.82. The van der Waals surface area contributed by atoms with E-state index in [0.717, 1.165) is 22.9 Å². The molecule has 35 heavy (non-hydrogen) atoms. The number of pyridine rings is 2. The normalized spacial score (nSPS) is 10.1. The predicted molar refractivity (Wildman–Crippen MR) is 127 cm³/mol. The van der Waals surface area contributed by atoms with Crippen LogP contribution in [0.2, 0.25) is 0 Å². The van der Waals surface area contributed by atoms with Crippen LogP contribution in [0.4, 0.5) is 13.2 Å². The van der Waals surface area contributed by atoms with Gasteiger partial charge in [0.2, 0.25) is 0 Å². The number of hydrogen-bond acceptors (Lipinski definition) is 2. The van der Waals surface area contributed by atoms with Crippen LogP contribution < -0.4 is 0 Å². The Morgan fingerprint density at radius 2 is 1.49 bits per heavy atom. The standard InChI is InChI=1S/C17H12N.C12H7F3N.Ir/c1-3-7-14(8-4-1)16-11-12-18-17(13-16)15-9-5-2-6-10-15;1-7-2-5-10(16-6-7)8-3-4-9(13)12(15)11(8)14;/h1-9,11-13H;2,4-6H,1H3;/q2*-1;. The Kier molecular flexibility index (Phi) is 9.07. The summed E-state index contributed by atoms with van der Waals surface area (Å²) in [6.07, 6.45) is 3.36. The van der Waals surface area contributed by atoms with Gasteiger partial charge in [0, 0.05) is 32.5 Å². The zero-order valence-electron chi connectivity index (χ0n) is 18.6. The van der Waals surface area contributed by atoms with E-state index in [-0.39, 0.29) is 31.4 Å². The van der Waals surface area contributed by atoms with Gasteiger partial charge in [-0.15, -0.1) is 48.0 Å². The molecule has 5 aromatic rings. The third-order valence-electron chi connectivity index (χ3n) is 4.98. The van der Waals surface area contributed by atoms with E-state index in [0.29, 0.717) is 0 Å². The summed E-state index contributed by atoms with van der Waals surface area (Å²) in [5.74, 6) is -4.03. The molecule has 0 unspecified atom stereocenters. The number of hydrogen-bond donors (Lipinski definition) is 0.